The molecule has 0 unspecified atom stereocenters. The predicted octanol–water partition coefficient (Wildman–Crippen LogP) is 2.63. The largest absolute Gasteiger partial charge is 0.489 e. The lowest BCUT2D eigenvalue weighted by Gasteiger charge is -2.14. The molecule has 1 fully saturated rings. The summed E-state index contributed by atoms with van der Waals surface area (Å²) in [5, 5.41) is 4.07. The maximum absolute atomic E-state index is 11.7. The maximum Gasteiger partial charge on any atom is 0.328 e. The standard InChI is InChI=1S/C20H18N2O4/c1-12-3-4-15(9-13(12)2)11-26-16-7-5-14(6-8-16)10-17-18(23)21-20(25)22-19(17)24/h3-10H,11H2,1-2H3,(H2,21,22,23,24,25). The Kier molecular flexibility index (Phi) is 4.84. The van der Waals surface area contributed by atoms with Crippen molar-refractivity contribution in [2.75, 3.05) is 0 Å². The minimum absolute atomic E-state index is 0.117. The van der Waals surface area contributed by atoms with E-state index in [4.69, 9.17) is 4.74 Å². The molecule has 0 spiro atoms. The van der Waals surface area contributed by atoms with Crippen molar-refractivity contribution in [3.05, 3.63) is 70.3 Å². The number of rotatable bonds is 4. The number of carbonyl (C=O) groups is 3. The Morgan fingerprint density at radius 1 is 0.885 bits per heavy atom. The summed E-state index contributed by atoms with van der Waals surface area (Å²) in [5.41, 5.74) is 4.07. The molecular weight excluding hydrogens is 332 g/mol. The van der Waals surface area contributed by atoms with Gasteiger partial charge in [-0.1, -0.05) is 30.3 Å². The van der Waals surface area contributed by atoms with E-state index in [0.29, 0.717) is 17.9 Å². The number of hydrogen-bond acceptors (Lipinski definition) is 4. The summed E-state index contributed by atoms with van der Waals surface area (Å²) < 4.78 is 5.76. The number of aryl methyl sites for hydroxylation is 2. The molecule has 4 amide bonds. The van der Waals surface area contributed by atoms with Crippen molar-refractivity contribution in [3.63, 3.8) is 0 Å². The molecule has 6 heteroatoms. The van der Waals surface area contributed by atoms with Crippen LogP contribution in [0.4, 0.5) is 4.79 Å². The highest BCUT2D eigenvalue weighted by Gasteiger charge is 2.27. The molecule has 1 aliphatic rings. The van der Waals surface area contributed by atoms with E-state index in [2.05, 4.69) is 26.0 Å². The van der Waals surface area contributed by atoms with Gasteiger partial charge >= 0.3 is 6.03 Å². The Morgan fingerprint density at radius 2 is 1.54 bits per heavy atom. The second-order valence-electron chi connectivity index (χ2n) is 6.07. The second-order valence-corrected chi connectivity index (χ2v) is 6.07. The highest BCUT2D eigenvalue weighted by molar-refractivity contribution is 6.31. The van der Waals surface area contributed by atoms with Crippen LogP contribution in [0.1, 0.15) is 22.3 Å². The van der Waals surface area contributed by atoms with Gasteiger partial charge in [0.25, 0.3) is 11.8 Å². The van der Waals surface area contributed by atoms with Crippen LogP contribution in [0.2, 0.25) is 0 Å². The number of barbiturate groups is 1. The Morgan fingerprint density at radius 3 is 2.15 bits per heavy atom. The van der Waals surface area contributed by atoms with E-state index in [-0.39, 0.29) is 5.57 Å². The van der Waals surface area contributed by atoms with E-state index >= 15 is 0 Å². The summed E-state index contributed by atoms with van der Waals surface area (Å²) in [5.74, 6) is -0.749. The van der Waals surface area contributed by atoms with Gasteiger partial charge < -0.3 is 4.74 Å². The molecule has 26 heavy (non-hydrogen) atoms. The van der Waals surface area contributed by atoms with Crippen molar-refractivity contribution in [3.8, 4) is 5.75 Å². The van der Waals surface area contributed by atoms with E-state index in [1.54, 1.807) is 24.3 Å². The SMILES string of the molecule is Cc1ccc(COc2ccc(C=C3C(=O)NC(=O)NC3=O)cc2)cc1C. The fourth-order valence-electron chi connectivity index (χ4n) is 2.49. The summed E-state index contributed by atoms with van der Waals surface area (Å²) in [7, 11) is 0. The molecule has 2 aromatic rings. The number of hydrogen-bond donors (Lipinski definition) is 2. The molecule has 1 saturated heterocycles. The molecule has 0 aromatic heterocycles. The first-order chi connectivity index (χ1) is 12.4. The van der Waals surface area contributed by atoms with Gasteiger partial charge in [0.05, 0.1) is 0 Å². The lowest BCUT2D eigenvalue weighted by molar-refractivity contribution is -0.123. The molecule has 0 bridgehead atoms. The summed E-state index contributed by atoms with van der Waals surface area (Å²) in [4.78, 5) is 34.5. The first kappa shape index (κ1) is 17.4. The van der Waals surface area contributed by atoms with Crippen LogP contribution in [0.25, 0.3) is 6.08 Å². The topological polar surface area (TPSA) is 84.5 Å². The predicted molar refractivity (Wildman–Crippen MR) is 96.3 cm³/mol. The van der Waals surface area contributed by atoms with Crippen molar-refractivity contribution >= 4 is 23.9 Å². The zero-order valence-electron chi connectivity index (χ0n) is 14.5. The molecule has 0 aliphatic carbocycles. The smallest absolute Gasteiger partial charge is 0.328 e. The Labute approximate surface area is 150 Å². The van der Waals surface area contributed by atoms with Crippen LogP contribution >= 0.6 is 0 Å². The molecule has 6 nitrogen and oxygen atoms in total. The van der Waals surface area contributed by atoms with Crippen LogP contribution in [-0.2, 0) is 16.2 Å². The van der Waals surface area contributed by atoms with Gasteiger partial charge in [-0.3, -0.25) is 20.2 Å². The van der Waals surface area contributed by atoms with Gasteiger partial charge in [-0.25, -0.2) is 4.79 Å². The molecule has 0 radical (unpaired) electrons. The van der Waals surface area contributed by atoms with Crippen LogP contribution in [0.15, 0.2) is 48.0 Å². The molecule has 1 aliphatic heterocycles. The zero-order valence-corrected chi connectivity index (χ0v) is 14.5. The van der Waals surface area contributed by atoms with Gasteiger partial charge in [0, 0.05) is 0 Å². The average molecular weight is 350 g/mol. The minimum Gasteiger partial charge on any atom is -0.489 e. The number of imide groups is 2. The van der Waals surface area contributed by atoms with Gasteiger partial charge in [-0.2, -0.15) is 0 Å². The minimum atomic E-state index is -0.813. The lowest BCUT2D eigenvalue weighted by Crippen LogP contribution is -2.51. The number of benzene rings is 2. The highest BCUT2D eigenvalue weighted by Crippen LogP contribution is 2.18. The number of amides is 4. The number of nitrogens with one attached hydrogen (secondary N) is 2. The van der Waals surface area contributed by atoms with Gasteiger partial charge in [-0.05, 0) is 54.3 Å². The van der Waals surface area contributed by atoms with Crippen LogP contribution in [0.3, 0.4) is 0 Å². The third-order valence-electron chi connectivity index (χ3n) is 4.11. The monoisotopic (exact) mass is 350 g/mol. The van der Waals surface area contributed by atoms with E-state index in [1.807, 2.05) is 16.7 Å². The average Bonchev–Trinajstić information content (AvgIpc) is 2.60. The van der Waals surface area contributed by atoms with Crippen LogP contribution in [0, 0.1) is 13.8 Å². The second kappa shape index (κ2) is 7.23. The quantitative estimate of drug-likeness (QED) is 0.656. The number of ether oxygens (including phenoxy) is 1. The number of carbonyl (C=O) groups excluding carboxylic acids is 3. The van der Waals surface area contributed by atoms with Crippen molar-refractivity contribution in [1.82, 2.24) is 10.6 Å². The van der Waals surface area contributed by atoms with E-state index in [1.165, 1.54) is 17.2 Å². The number of urea groups is 1. The third kappa shape index (κ3) is 3.97. The third-order valence-corrected chi connectivity index (χ3v) is 4.11. The summed E-state index contributed by atoms with van der Waals surface area (Å²) in [6.07, 6.45) is 1.42. The zero-order chi connectivity index (χ0) is 18.7. The highest BCUT2D eigenvalue weighted by atomic mass is 16.5. The van der Waals surface area contributed by atoms with E-state index in [9.17, 15) is 14.4 Å². The summed E-state index contributed by atoms with van der Waals surface area (Å²) in [6, 6.07) is 12.4. The van der Waals surface area contributed by atoms with Crippen molar-refractivity contribution < 1.29 is 19.1 Å². The Balaban J connectivity index is 1.67. The fourth-order valence-corrected chi connectivity index (χ4v) is 2.49. The maximum atomic E-state index is 11.7. The molecule has 2 N–H and O–H groups in total. The van der Waals surface area contributed by atoms with Gasteiger partial charge in [-0.15, -0.1) is 0 Å². The Bertz CT molecular complexity index is 892. The van der Waals surface area contributed by atoms with Gasteiger partial charge in [0.15, 0.2) is 0 Å². The molecule has 1 heterocycles. The van der Waals surface area contributed by atoms with Crippen LogP contribution < -0.4 is 15.4 Å². The first-order valence-electron chi connectivity index (χ1n) is 8.10. The molecule has 0 atom stereocenters. The van der Waals surface area contributed by atoms with E-state index in [0.717, 1.165) is 5.56 Å². The molecule has 132 valence electrons. The van der Waals surface area contributed by atoms with Crippen molar-refractivity contribution in [2.45, 2.75) is 20.5 Å². The molecule has 0 saturated carbocycles. The molecule has 2 aromatic carbocycles. The molecular formula is C20H18N2O4. The summed E-state index contributed by atoms with van der Waals surface area (Å²) >= 11 is 0. The first-order valence-corrected chi connectivity index (χ1v) is 8.10. The van der Waals surface area contributed by atoms with Crippen LogP contribution in [0.5, 0.6) is 5.75 Å². The van der Waals surface area contributed by atoms with Crippen molar-refractivity contribution in [1.29, 1.82) is 0 Å². The summed E-state index contributed by atoms with van der Waals surface area (Å²) in [6.45, 7) is 4.58. The van der Waals surface area contributed by atoms with Crippen LogP contribution in [-0.4, -0.2) is 17.8 Å². The normalized spacial score (nSPS) is 13.9. The van der Waals surface area contributed by atoms with E-state index < -0.39 is 17.8 Å². The fraction of sp³-hybridized carbons (Fsp3) is 0.150. The lowest BCUT2D eigenvalue weighted by atomic mass is 10.1. The van der Waals surface area contributed by atoms with Gasteiger partial charge in [0.1, 0.15) is 17.9 Å². The van der Waals surface area contributed by atoms with Gasteiger partial charge in [0.2, 0.25) is 0 Å². The van der Waals surface area contributed by atoms with Crippen molar-refractivity contribution in [2.24, 2.45) is 0 Å². The molecule has 3 rings (SSSR count). The Hall–Kier alpha value is -3.41.